The van der Waals surface area contributed by atoms with Gasteiger partial charge in [0.1, 0.15) is 17.4 Å². The maximum Gasteiger partial charge on any atom is 0.234 e. The molecule has 2 aromatic carbocycles. The normalized spacial score (nSPS) is 20.5. The van der Waals surface area contributed by atoms with Crippen molar-refractivity contribution in [2.45, 2.75) is 25.2 Å². The minimum Gasteiger partial charge on any atom is -0.493 e. The first-order valence-electron chi connectivity index (χ1n) is 11.4. The summed E-state index contributed by atoms with van der Waals surface area (Å²) in [6.45, 7) is 4.86. The molecule has 9 heteroatoms. The first-order chi connectivity index (χ1) is 16.5. The molecule has 0 aromatic heterocycles. The monoisotopic (exact) mass is 470 g/mol. The maximum atomic E-state index is 13.2. The van der Waals surface area contributed by atoms with Gasteiger partial charge in [0.05, 0.1) is 37.0 Å². The SMILES string of the molecule is N#Cc1ccc(CNC(=O)CN2CC3CN(CCCOc4cc(F)cc(F)c4)CC(C2)O3)cc1. The van der Waals surface area contributed by atoms with Gasteiger partial charge in [-0.15, -0.1) is 0 Å². The summed E-state index contributed by atoms with van der Waals surface area (Å²) in [5.74, 6) is -1.14. The molecule has 2 aliphatic heterocycles. The summed E-state index contributed by atoms with van der Waals surface area (Å²) in [5, 5.41) is 11.8. The molecule has 2 aliphatic rings. The summed E-state index contributed by atoms with van der Waals surface area (Å²) in [6.07, 6.45) is 0.813. The lowest BCUT2D eigenvalue weighted by atomic mass is 10.1. The van der Waals surface area contributed by atoms with Crippen molar-refractivity contribution < 1.29 is 23.0 Å². The van der Waals surface area contributed by atoms with Crippen LogP contribution in [-0.4, -0.2) is 73.8 Å². The van der Waals surface area contributed by atoms with E-state index in [4.69, 9.17) is 14.7 Å². The van der Waals surface area contributed by atoms with Gasteiger partial charge >= 0.3 is 0 Å². The van der Waals surface area contributed by atoms with Gasteiger partial charge in [-0.05, 0) is 24.1 Å². The van der Waals surface area contributed by atoms with E-state index in [9.17, 15) is 13.6 Å². The number of carbonyl (C=O) groups is 1. The topological polar surface area (TPSA) is 77.8 Å². The van der Waals surface area contributed by atoms with Crippen LogP contribution in [0.25, 0.3) is 0 Å². The molecule has 2 atom stereocenters. The minimum atomic E-state index is -0.650. The van der Waals surface area contributed by atoms with E-state index >= 15 is 0 Å². The van der Waals surface area contributed by atoms with Gasteiger partial charge in [-0.25, -0.2) is 8.78 Å². The Morgan fingerprint density at radius 3 is 2.35 bits per heavy atom. The van der Waals surface area contributed by atoms with Gasteiger partial charge < -0.3 is 14.8 Å². The third kappa shape index (κ3) is 6.97. The van der Waals surface area contributed by atoms with Crippen LogP contribution in [0.15, 0.2) is 42.5 Å². The van der Waals surface area contributed by atoms with Crippen molar-refractivity contribution in [1.29, 1.82) is 5.26 Å². The lowest BCUT2D eigenvalue weighted by Crippen LogP contribution is -2.60. The molecule has 2 saturated heterocycles. The number of morpholine rings is 2. The predicted octanol–water partition coefficient (Wildman–Crippen LogP) is 2.31. The van der Waals surface area contributed by atoms with Crippen LogP contribution in [0.2, 0.25) is 0 Å². The van der Waals surface area contributed by atoms with Gasteiger partial charge in [0.25, 0.3) is 0 Å². The minimum absolute atomic E-state index is 0.0351. The summed E-state index contributed by atoms with van der Waals surface area (Å²) in [5.41, 5.74) is 1.55. The lowest BCUT2D eigenvalue weighted by molar-refractivity contribution is -0.145. The number of hydrogen-bond donors (Lipinski definition) is 1. The Bertz CT molecular complexity index is 994. The summed E-state index contributed by atoms with van der Waals surface area (Å²) in [7, 11) is 0. The van der Waals surface area contributed by atoms with Crippen LogP contribution in [0.5, 0.6) is 5.75 Å². The molecule has 0 aliphatic carbocycles. The Balaban J connectivity index is 1.15. The number of fused-ring (bicyclic) bond motifs is 2. The van der Waals surface area contributed by atoms with Crippen molar-refractivity contribution >= 4 is 5.91 Å². The zero-order chi connectivity index (χ0) is 23.9. The predicted molar refractivity (Wildman–Crippen MR) is 121 cm³/mol. The van der Waals surface area contributed by atoms with E-state index in [0.29, 0.717) is 38.3 Å². The molecule has 0 spiro atoms. The molecule has 34 heavy (non-hydrogen) atoms. The van der Waals surface area contributed by atoms with Gasteiger partial charge in [-0.2, -0.15) is 5.26 Å². The van der Waals surface area contributed by atoms with Crippen LogP contribution >= 0.6 is 0 Å². The van der Waals surface area contributed by atoms with Crippen LogP contribution < -0.4 is 10.1 Å². The molecule has 4 rings (SSSR count). The fourth-order valence-electron chi connectivity index (χ4n) is 4.42. The highest BCUT2D eigenvalue weighted by Gasteiger charge is 2.35. The fraction of sp³-hybridized carbons (Fsp3) is 0.440. The Labute approximate surface area is 197 Å². The molecule has 7 nitrogen and oxygen atoms in total. The average Bonchev–Trinajstić information content (AvgIpc) is 2.80. The van der Waals surface area contributed by atoms with Gasteiger partial charge in [-0.1, -0.05) is 12.1 Å². The largest absolute Gasteiger partial charge is 0.493 e. The molecule has 2 bridgehead atoms. The summed E-state index contributed by atoms with van der Waals surface area (Å²) < 4.78 is 38.0. The number of amides is 1. The van der Waals surface area contributed by atoms with E-state index < -0.39 is 11.6 Å². The number of halogens is 2. The molecule has 0 saturated carbocycles. The van der Waals surface area contributed by atoms with Crippen molar-refractivity contribution in [2.75, 3.05) is 45.9 Å². The highest BCUT2D eigenvalue weighted by Crippen LogP contribution is 2.20. The van der Waals surface area contributed by atoms with Crippen molar-refractivity contribution in [3.63, 3.8) is 0 Å². The number of ether oxygens (including phenoxy) is 2. The zero-order valence-corrected chi connectivity index (χ0v) is 18.9. The standard InChI is InChI=1S/C25H28F2N4O3/c26-20-8-21(27)10-22(9-20)33-7-1-6-30-13-23-15-31(16-24(14-30)34-23)17-25(32)29-12-19-4-2-18(11-28)3-5-19/h2-5,8-10,23-24H,1,6-7,12-17H2,(H,29,32). The molecular weight excluding hydrogens is 442 g/mol. The number of benzene rings is 2. The van der Waals surface area contributed by atoms with E-state index in [1.165, 1.54) is 12.1 Å². The molecule has 1 N–H and O–H groups in total. The van der Waals surface area contributed by atoms with Crippen molar-refractivity contribution in [3.05, 3.63) is 65.2 Å². The molecule has 0 radical (unpaired) electrons. The van der Waals surface area contributed by atoms with Gasteiger partial charge in [0, 0.05) is 57.5 Å². The number of nitrogens with one attached hydrogen (secondary N) is 1. The van der Waals surface area contributed by atoms with Crippen molar-refractivity contribution in [2.24, 2.45) is 0 Å². The van der Waals surface area contributed by atoms with Crippen LogP contribution in [0.1, 0.15) is 17.5 Å². The van der Waals surface area contributed by atoms with Gasteiger partial charge in [-0.3, -0.25) is 14.6 Å². The number of hydrogen-bond acceptors (Lipinski definition) is 6. The van der Waals surface area contributed by atoms with Crippen LogP contribution in [0, 0.1) is 23.0 Å². The van der Waals surface area contributed by atoms with E-state index in [1.54, 1.807) is 12.1 Å². The van der Waals surface area contributed by atoms with Gasteiger partial charge in [0.15, 0.2) is 0 Å². The zero-order valence-electron chi connectivity index (χ0n) is 18.9. The summed E-state index contributed by atoms with van der Waals surface area (Å²) in [6, 6.07) is 12.4. The molecule has 2 heterocycles. The molecule has 2 aromatic rings. The van der Waals surface area contributed by atoms with Crippen LogP contribution in [0.4, 0.5) is 8.78 Å². The fourth-order valence-corrected chi connectivity index (χ4v) is 4.42. The molecular formula is C25H28F2N4O3. The first-order valence-corrected chi connectivity index (χ1v) is 11.4. The van der Waals surface area contributed by atoms with Crippen molar-refractivity contribution in [3.8, 4) is 11.8 Å². The summed E-state index contributed by atoms with van der Waals surface area (Å²) in [4.78, 5) is 16.9. The number of carbonyl (C=O) groups excluding carboxylic acids is 1. The Kier molecular flexibility index (Phi) is 8.06. The number of nitrogens with zero attached hydrogens (tertiary/aromatic N) is 3. The maximum absolute atomic E-state index is 13.2. The second-order valence-electron chi connectivity index (χ2n) is 8.73. The Hall–Kier alpha value is -3.06. The number of nitriles is 1. The first kappa shape index (κ1) is 24.1. The highest BCUT2D eigenvalue weighted by atomic mass is 19.1. The second-order valence-corrected chi connectivity index (χ2v) is 8.73. The molecule has 2 unspecified atom stereocenters. The van der Waals surface area contributed by atoms with E-state index in [-0.39, 0.29) is 23.9 Å². The van der Waals surface area contributed by atoms with Crippen LogP contribution in [-0.2, 0) is 16.1 Å². The molecule has 1 amide bonds. The van der Waals surface area contributed by atoms with E-state index in [1.807, 2.05) is 12.1 Å². The molecule has 2 fully saturated rings. The van der Waals surface area contributed by atoms with E-state index in [2.05, 4.69) is 21.2 Å². The Morgan fingerprint density at radius 1 is 1.06 bits per heavy atom. The quantitative estimate of drug-likeness (QED) is 0.567. The highest BCUT2D eigenvalue weighted by molar-refractivity contribution is 5.78. The third-order valence-electron chi connectivity index (χ3n) is 5.90. The number of rotatable bonds is 9. The average molecular weight is 471 g/mol. The van der Waals surface area contributed by atoms with Crippen molar-refractivity contribution in [1.82, 2.24) is 15.1 Å². The smallest absolute Gasteiger partial charge is 0.234 e. The second kappa shape index (κ2) is 11.4. The third-order valence-corrected chi connectivity index (χ3v) is 5.90. The summed E-state index contributed by atoms with van der Waals surface area (Å²) >= 11 is 0. The van der Waals surface area contributed by atoms with Crippen LogP contribution in [0.3, 0.4) is 0 Å². The van der Waals surface area contributed by atoms with E-state index in [0.717, 1.165) is 37.7 Å². The molecule has 180 valence electrons. The lowest BCUT2D eigenvalue weighted by Gasteiger charge is -2.45. The van der Waals surface area contributed by atoms with Gasteiger partial charge in [0.2, 0.25) is 5.91 Å². The Morgan fingerprint density at radius 2 is 1.71 bits per heavy atom.